The van der Waals surface area contributed by atoms with Gasteiger partial charge in [0.1, 0.15) is 0 Å². The lowest BCUT2D eigenvalue weighted by molar-refractivity contribution is 0.102. The second kappa shape index (κ2) is 10.2. The van der Waals surface area contributed by atoms with Gasteiger partial charge in [0.05, 0.1) is 26.9 Å². The van der Waals surface area contributed by atoms with Crippen LogP contribution < -0.4 is 5.32 Å². The third kappa shape index (κ3) is 5.53. The second-order valence-corrected chi connectivity index (χ2v) is 10.4. The molecule has 172 valence electrons. The fourth-order valence-corrected chi connectivity index (χ4v) is 5.23. The largest absolute Gasteiger partial charge is 0.322 e. The summed E-state index contributed by atoms with van der Waals surface area (Å²) < 4.78 is 25.5. The van der Waals surface area contributed by atoms with Crippen LogP contribution in [0.25, 0.3) is 11.3 Å². The van der Waals surface area contributed by atoms with Gasteiger partial charge in [-0.15, -0.1) is 0 Å². The van der Waals surface area contributed by atoms with Gasteiger partial charge in [0, 0.05) is 17.4 Å². The number of amides is 1. The summed E-state index contributed by atoms with van der Waals surface area (Å²) in [6.45, 7) is 1.98. The lowest BCUT2D eigenvalue weighted by Crippen LogP contribution is -2.14. The summed E-state index contributed by atoms with van der Waals surface area (Å²) in [7, 11) is -3.55. The molecule has 1 N–H and O–H groups in total. The molecule has 5 nitrogen and oxygen atoms in total. The normalized spacial score (nSPS) is 11.2. The maximum atomic E-state index is 12.9. The van der Waals surface area contributed by atoms with E-state index < -0.39 is 15.7 Å². The first kappa shape index (κ1) is 23.7. The number of anilines is 1. The number of carbonyl (C=O) groups excluding carboxylic acids is 1. The number of hydrogen-bond donors (Lipinski definition) is 1. The van der Waals surface area contributed by atoms with Crippen LogP contribution in [0.4, 0.5) is 5.69 Å². The number of carbonyl (C=O) groups is 1. The van der Waals surface area contributed by atoms with Crippen LogP contribution in [0.3, 0.4) is 0 Å². The van der Waals surface area contributed by atoms with Crippen LogP contribution in [-0.4, -0.2) is 25.1 Å². The van der Waals surface area contributed by atoms with Gasteiger partial charge in [-0.25, -0.2) is 8.42 Å². The molecule has 4 aromatic rings. The van der Waals surface area contributed by atoms with Crippen molar-refractivity contribution in [1.29, 1.82) is 0 Å². The SMILES string of the molecule is Cc1ccc(NC(=O)c2ccc(S(=O)(=O)CCc3ccccc3)cc2Cl)cc1-c1ccccn1. The summed E-state index contributed by atoms with van der Waals surface area (Å²) in [5.74, 6) is -0.465. The Kier molecular flexibility index (Phi) is 7.10. The summed E-state index contributed by atoms with van der Waals surface area (Å²) in [5.41, 5.74) is 4.47. The fraction of sp³-hybridized carbons (Fsp3) is 0.111. The summed E-state index contributed by atoms with van der Waals surface area (Å²) in [6, 6.07) is 24.8. The summed E-state index contributed by atoms with van der Waals surface area (Å²) in [4.78, 5) is 17.4. The zero-order valence-corrected chi connectivity index (χ0v) is 20.1. The molecular weight excluding hydrogens is 468 g/mol. The third-order valence-electron chi connectivity index (χ3n) is 5.48. The van der Waals surface area contributed by atoms with Crippen LogP contribution in [-0.2, 0) is 16.3 Å². The van der Waals surface area contributed by atoms with Crippen LogP contribution in [0.15, 0.2) is 96.0 Å². The molecule has 0 unspecified atom stereocenters. The van der Waals surface area contributed by atoms with Crippen molar-refractivity contribution in [3.8, 4) is 11.3 Å². The number of rotatable bonds is 7. The van der Waals surface area contributed by atoms with Gasteiger partial charge in [-0.05, 0) is 66.9 Å². The van der Waals surface area contributed by atoms with Gasteiger partial charge in [0.15, 0.2) is 9.84 Å². The first-order chi connectivity index (χ1) is 16.3. The molecule has 4 rings (SSSR count). The Bertz CT molecular complexity index is 1420. The molecule has 0 spiro atoms. The molecule has 0 radical (unpaired) electrons. The van der Waals surface area contributed by atoms with Gasteiger partial charge in [-0.2, -0.15) is 0 Å². The van der Waals surface area contributed by atoms with Gasteiger partial charge in [-0.1, -0.05) is 54.1 Å². The average Bonchev–Trinajstić information content (AvgIpc) is 2.85. The molecule has 0 saturated heterocycles. The minimum Gasteiger partial charge on any atom is -0.322 e. The van der Waals surface area contributed by atoms with Gasteiger partial charge >= 0.3 is 0 Å². The number of hydrogen-bond acceptors (Lipinski definition) is 4. The number of nitrogens with one attached hydrogen (secondary N) is 1. The van der Waals surface area contributed by atoms with E-state index in [0.717, 1.165) is 22.4 Å². The van der Waals surface area contributed by atoms with Crippen molar-refractivity contribution in [2.75, 3.05) is 11.1 Å². The molecule has 0 saturated carbocycles. The topological polar surface area (TPSA) is 76.1 Å². The Morgan fingerprint density at radius 1 is 0.941 bits per heavy atom. The molecule has 7 heteroatoms. The molecule has 34 heavy (non-hydrogen) atoms. The van der Waals surface area contributed by atoms with Gasteiger partial charge in [0.2, 0.25) is 0 Å². The van der Waals surface area contributed by atoms with Crippen molar-refractivity contribution in [3.63, 3.8) is 0 Å². The highest BCUT2D eigenvalue weighted by molar-refractivity contribution is 7.91. The maximum Gasteiger partial charge on any atom is 0.257 e. The van der Waals surface area contributed by atoms with E-state index in [-0.39, 0.29) is 21.2 Å². The van der Waals surface area contributed by atoms with Gasteiger partial charge < -0.3 is 5.32 Å². The Morgan fingerprint density at radius 2 is 1.71 bits per heavy atom. The Hall–Kier alpha value is -3.48. The van der Waals surface area contributed by atoms with E-state index in [9.17, 15) is 13.2 Å². The molecule has 0 atom stereocenters. The highest BCUT2D eigenvalue weighted by atomic mass is 35.5. The van der Waals surface area contributed by atoms with Crippen molar-refractivity contribution < 1.29 is 13.2 Å². The third-order valence-corrected chi connectivity index (χ3v) is 7.51. The van der Waals surface area contributed by atoms with E-state index in [2.05, 4.69) is 10.3 Å². The number of sulfone groups is 1. The van der Waals surface area contributed by atoms with Gasteiger partial charge in [-0.3, -0.25) is 9.78 Å². The molecule has 0 aliphatic heterocycles. The van der Waals surface area contributed by atoms with Crippen molar-refractivity contribution >= 4 is 33.0 Å². The fourth-order valence-electron chi connectivity index (χ4n) is 3.58. The molecule has 1 aromatic heterocycles. The van der Waals surface area contributed by atoms with Gasteiger partial charge in [0.25, 0.3) is 5.91 Å². The Labute approximate surface area is 204 Å². The highest BCUT2D eigenvalue weighted by Gasteiger charge is 2.19. The van der Waals surface area contributed by atoms with Crippen molar-refractivity contribution in [1.82, 2.24) is 4.98 Å². The van der Waals surface area contributed by atoms with E-state index in [1.165, 1.54) is 18.2 Å². The molecule has 3 aromatic carbocycles. The second-order valence-electron chi connectivity index (χ2n) is 7.89. The number of pyridine rings is 1. The number of aryl methyl sites for hydroxylation is 2. The molecule has 1 amide bonds. The van der Waals surface area contributed by atoms with Crippen LogP contribution >= 0.6 is 11.6 Å². The quantitative estimate of drug-likeness (QED) is 0.346. The summed E-state index contributed by atoms with van der Waals surface area (Å²) in [5, 5.41) is 2.92. The molecular formula is C27H23ClN2O3S. The lowest BCUT2D eigenvalue weighted by Gasteiger charge is -2.12. The highest BCUT2D eigenvalue weighted by Crippen LogP contribution is 2.27. The van der Waals surface area contributed by atoms with E-state index in [0.29, 0.717) is 12.1 Å². The molecule has 0 aliphatic rings. The predicted octanol–water partition coefficient (Wildman–Crippen LogP) is 5.98. The summed E-state index contributed by atoms with van der Waals surface area (Å²) >= 11 is 6.33. The smallest absolute Gasteiger partial charge is 0.257 e. The summed E-state index contributed by atoms with van der Waals surface area (Å²) in [6.07, 6.45) is 2.12. The molecule has 0 bridgehead atoms. The van der Waals surface area contributed by atoms with E-state index in [1.54, 1.807) is 12.3 Å². The minimum absolute atomic E-state index is 0.0431. The van der Waals surface area contributed by atoms with Crippen molar-refractivity contribution in [2.24, 2.45) is 0 Å². The van der Waals surface area contributed by atoms with E-state index in [4.69, 9.17) is 11.6 Å². The number of benzene rings is 3. The number of nitrogens with zero attached hydrogens (tertiary/aromatic N) is 1. The van der Waals surface area contributed by atoms with Crippen LogP contribution in [0.1, 0.15) is 21.5 Å². The molecule has 0 aliphatic carbocycles. The van der Waals surface area contributed by atoms with Crippen molar-refractivity contribution in [2.45, 2.75) is 18.2 Å². The van der Waals surface area contributed by atoms with Crippen molar-refractivity contribution in [3.05, 3.63) is 113 Å². The molecule has 1 heterocycles. The lowest BCUT2D eigenvalue weighted by atomic mass is 10.0. The first-order valence-electron chi connectivity index (χ1n) is 10.7. The number of aromatic nitrogens is 1. The minimum atomic E-state index is -3.55. The average molecular weight is 491 g/mol. The maximum absolute atomic E-state index is 12.9. The van der Waals surface area contributed by atoms with E-state index in [1.807, 2.05) is 67.6 Å². The molecule has 0 fully saturated rings. The Balaban J connectivity index is 1.50. The van der Waals surface area contributed by atoms with E-state index >= 15 is 0 Å². The predicted molar refractivity (Wildman–Crippen MR) is 136 cm³/mol. The van der Waals surface area contributed by atoms with Crippen LogP contribution in [0.2, 0.25) is 5.02 Å². The van der Waals surface area contributed by atoms with Crippen LogP contribution in [0.5, 0.6) is 0 Å². The Morgan fingerprint density at radius 3 is 2.41 bits per heavy atom. The zero-order valence-electron chi connectivity index (χ0n) is 18.5. The monoisotopic (exact) mass is 490 g/mol. The number of halogens is 1. The standard InChI is InChI=1S/C27H23ClN2O3S/c1-19-10-11-21(17-24(19)26-9-5-6-15-29-26)30-27(31)23-13-12-22(18-25(23)28)34(32,33)16-14-20-7-3-2-4-8-20/h2-13,15,17-18H,14,16H2,1H3,(H,30,31). The zero-order chi connectivity index (χ0) is 24.1. The first-order valence-corrected chi connectivity index (χ1v) is 12.8. The van der Waals surface area contributed by atoms with Crippen LogP contribution in [0, 0.1) is 6.92 Å².